The molecule has 4 nitrogen and oxygen atoms in total. The van der Waals surface area contributed by atoms with Crippen LogP contribution in [0.1, 0.15) is 96.9 Å². The second-order valence-electron chi connectivity index (χ2n) is 18.2. The molecule has 1 N–H and O–H groups in total. The molecule has 0 spiro atoms. The first kappa shape index (κ1) is 29.9. The number of aryl methyl sites for hydroxylation is 1. The first-order chi connectivity index (χ1) is 32.7. The van der Waals surface area contributed by atoms with Gasteiger partial charge in [-0.2, -0.15) is 0 Å². The van der Waals surface area contributed by atoms with Gasteiger partial charge in [0.15, 0.2) is 0 Å². The van der Waals surface area contributed by atoms with E-state index in [2.05, 4.69) is 80.6 Å². The number of hydrogen-bond donors (Lipinski definition) is 1. The van der Waals surface area contributed by atoms with Crippen LogP contribution in [0.2, 0.25) is 0 Å². The number of phenols is 1. The summed E-state index contributed by atoms with van der Waals surface area (Å²) in [6.07, 6.45) is 0.319. The highest BCUT2D eigenvalue weighted by Gasteiger charge is 2.26. The van der Waals surface area contributed by atoms with Crippen LogP contribution in [0, 0.1) is 19.7 Å². The summed E-state index contributed by atoms with van der Waals surface area (Å²) in [6.45, 7) is 15.9. The lowest BCUT2D eigenvalue weighted by atomic mass is 9.83. The molecule has 2 aromatic heterocycles. The number of aromatic nitrogens is 3. The molecule has 0 amide bonds. The van der Waals surface area contributed by atoms with Crippen molar-refractivity contribution >= 4 is 11.0 Å². The van der Waals surface area contributed by atoms with Crippen molar-refractivity contribution in [2.45, 2.75) is 86.4 Å². The Balaban J connectivity index is 1.45. The Labute approximate surface area is 370 Å². The normalized spacial score (nSPS) is 14.7. The topological polar surface area (TPSA) is 50.9 Å². The van der Waals surface area contributed by atoms with Crippen LogP contribution >= 0.6 is 0 Å². The zero-order chi connectivity index (χ0) is 51.1. The van der Waals surface area contributed by atoms with Gasteiger partial charge in [-0.1, -0.05) is 146 Å². The number of hydrogen-bond acceptors (Lipinski definition) is 3. The lowest BCUT2D eigenvalue weighted by molar-refractivity contribution is 0.471. The number of imidazole rings is 1. The van der Waals surface area contributed by atoms with Crippen LogP contribution in [0.5, 0.6) is 5.75 Å². The lowest BCUT2D eigenvalue weighted by Gasteiger charge is -2.22. The molecule has 302 valence electrons. The van der Waals surface area contributed by atoms with Crippen LogP contribution in [0.3, 0.4) is 0 Å². The van der Waals surface area contributed by atoms with Gasteiger partial charge in [0.05, 0.1) is 37.6 Å². The number of benzene rings is 6. The molecule has 6 aromatic carbocycles. The van der Waals surface area contributed by atoms with E-state index in [1.807, 2.05) is 88.4 Å². The van der Waals surface area contributed by atoms with Gasteiger partial charge in [0.1, 0.15) is 11.6 Å². The summed E-state index contributed by atoms with van der Waals surface area (Å²) in [5.41, 5.74) is 8.07. The molecule has 0 atom stereocenters. The monoisotopic (exact) mass is 798 g/mol. The van der Waals surface area contributed by atoms with Crippen LogP contribution in [0.25, 0.3) is 72.7 Å². The molecule has 0 unspecified atom stereocenters. The fraction of sp³-hybridized carbons (Fsp3) is 0.250. The number of nitrogens with zero attached hydrogens (tertiary/aromatic N) is 3. The highest BCUT2D eigenvalue weighted by molar-refractivity contribution is 5.98. The standard InChI is InChI=1S/C56H57N3O/c1-35(2)27-38-21-24-50(47(29-38)40-15-12-11-13-16-40)59-51-18-14-17-46(52(51)58-54(59)48-34-44(55(5,6)7)28-37(4)53(48)60)42-30-43(32-45(31-42)56(8,9)10)49-33-41(25-26-57-49)39-22-19-36(3)20-23-39/h11-26,28-35,60H,27H2,1-10H3/i3D3,19D,20D,22D,23D,25D,26D,33D. The molecule has 0 bridgehead atoms. The molecular weight excluding hydrogens is 731 g/mol. The second-order valence-corrected chi connectivity index (χ2v) is 18.2. The molecule has 0 aliphatic rings. The minimum absolute atomic E-state index is 0.0353. The van der Waals surface area contributed by atoms with Gasteiger partial charge in [0.2, 0.25) is 0 Å². The molecule has 8 rings (SSSR count). The van der Waals surface area contributed by atoms with Gasteiger partial charge in [-0.15, -0.1) is 0 Å². The van der Waals surface area contributed by atoms with Gasteiger partial charge >= 0.3 is 0 Å². The van der Waals surface area contributed by atoms with E-state index in [0.717, 1.165) is 45.4 Å². The number of pyridine rings is 1. The van der Waals surface area contributed by atoms with Gasteiger partial charge in [0, 0.05) is 27.0 Å². The maximum atomic E-state index is 12.1. The highest BCUT2D eigenvalue weighted by atomic mass is 16.3. The third-order valence-corrected chi connectivity index (χ3v) is 11.0. The second kappa shape index (κ2) is 15.7. The van der Waals surface area contributed by atoms with Crippen molar-refractivity contribution in [1.82, 2.24) is 14.5 Å². The maximum Gasteiger partial charge on any atom is 0.149 e. The average molecular weight is 798 g/mol. The van der Waals surface area contributed by atoms with Gasteiger partial charge in [-0.3, -0.25) is 9.55 Å². The summed E-state index contributed by atoms with van der Waals surface area (Å²) in [6, 6.07) is 28.4. The summed E-state index contributed by atoms with van der Waals surface area (Å²) in [4.78, 5) is 9.95. The molecule has 0 saturated heterocycles. The summed E-state index contributed by atoms with van der Waals surface area (Å²) in [7, 11) is 0. The minimum atomic E-state index is -2.96. The minimum Gasteiger partial charge on any atom is -0.507 e. The maximum absolute atomic E-state index is 12.1. The number of para-hydroxylation sites is 1. The van der Waals surface area contributed by atoms with Crippen molar-refractivity contribution < 1.29 is 18.8 Å². The van der Waals surface area contributed by atoms with E-state index in [-0.39, 0.29) is 22.4 Å². The summed E-state index contributed by atoms with van der Waals surface area (Å²) < 4.78 is 88.1. The molecule has 0 fully saturated rings. The van der Waals surface area contributed by atoms with Crippen molar-refractivity contribution in [1.29, 1.82) is 0 Å². The number of aromatic hydroxyl groups is 1. The van der Waals surface area contributed by atoms with Crippen LogP contribution in [0.15, 0.2) is 139 Å². The van der Waals surface area contributed by atoms with E-state index in [4.69, 9.17) is 17.3 Å². The number of phenolic OH excluding ortho intramolecular Hbond substituents is 1. The largest absolute Gasteiger partial charge is 0.507 e. The lowest BCUT2D eigenvalue weighted by Crippen LogP contribution is -2.12. The quantitative estimate of drug-likeness (QED) is 0.167. The molecule has 0 radical (unpaired) electrons. The van der Waals surface area contributed by atoms with Crippen LogP contribution in [0.4, 0.5) is 0 Å². The van der Waals surface area contributed by atoms with Gasteiger partial charge < -0.3 is 5.11 Å². The van der Waals surface area contributed by atoms with Crippen molar-refractivity contribution in [3.63, 3.8) is 0 Å². The van der Waals surface area contributed by atoms with Crippen molar-refractivity contribution in [2.24, 2.45) is 5.92 Å². The average Bonchev–Trinajstić information content (AvgIpc) is 3.67. The third kappa shape index (κ3) is 8.04. The number of rotatable bonds is 8. The molecule has 2 heterocycles. The Kier molecular flexibility index (Phi) is 7.83. The van der Waals surface area contributed by atoms with E-state index >= 15 is 0 Å². The molecule has 0 saturated carbocycles. The molecule has 60 heavy (non-hydrogen) atoms. The molecular formula is C56H57N3O. The highest BCUT2D eigenvalue weighted by Crippen LogP contribution is 2.44. The zero-order valence-corrected chi connectivity index (χ0v) is 35.8. The summed E-state index contributed by atoms with van der Waals surface area (Å²) in [5.74, 6) is 1.07. The molecule has 4 heteroatoms. The Morgan fingerprint density at radius 3 is 2.10 bits per heavy atom. The number of fused-ring (bicyclic) bond motifs is 1. The Hall–Kier alpha value is -6.26. The molecule has 8 aromatic rings. The predicted octanol–water partition coefficient (Wildman–Crippen LogP) is 14.9. The van der Waals surface area contributed by atoms with Crippen molar-refractivity contribution in [3.05, 3.63) is 167 Å². The van der Waals surface area contributed by atoms with Crippen LogP contribution in [-0.2, 0) is 17.3 Å². The smallest absolute Gasteiger partial charge is 0.149 e. The van der Waals surface area contributed by atoms with Crippen molar-refractivity contribution in [2.75, 3.05) is 0 Å². The fourth-order valence-electron chi connectivity index (χ4n) is 7.73. The van der Waals surface area contributed by atoms with Gasteiger partial charge in [0.25, 0.3) is 0 Å². The molecule has 0 aliphatic carbocycles. The Morgan fingerprint density at radius 1 is 0.683 bits per heavy atom. The van der Waals surface area contributed by atoms with E-state index in [1.54, 1.807) is 0 Å². The predicted molar refractivity (Wildman–Crippen MR) is 253 cm³/mol. The zero-order valence-electron chi connectivity index (χ0n) is 45.8. The van der Waals surface area contributed by atoms with E-state index in [0.29, 0.717) is 39.5 Å². The summed E-state index contributed by atoms with van der Waals surface area (Å²) >= 11 is 0. The first-order valence-electron chi connectivity index (χ1n) is 25.5. The SMILES string of the molecule is [2H]c1nc(-c2cc(-c3cccc4c3nc(-c3cc(C(C)(C)C)cc(C)c3O)n4-c3ccc(CC(C)C)cc3-c3ccccc3)cc(C(C)(C)C)c2)c([2H])c(-c2c([2H])c([2H])c(C([2H])([2H])[2H])c([2H])c2[2H])c1[2H]. The Morgan fingerprint density at radius 2 is 1.40 bits per heavy atom. The van der Waals surface area contributed by atoms with Crippen LogP contribution in [-0.4, -0.2) is 19.6 Å². The Bertz CT molecular complexity index is 3350. The van der Waals surface area contributed by atoms with Gasteiger partial charge in [-0.05, 0) is 130 Å². The third-order valence-electron chi connectivity index (χ3n) is 11.0. The summed E-state index contributed by atoms with van der Waals surface area (Å²) in [5, 5.41) is 12.1. The van der Waals surface area contributed by atoms with E-state index in [9.17, 15) is 6.48 Å². The fourth-order valence-corrected chi connectivity index (χ4v) is 7.73. The van der Waals surface area contributed by atoms with E-state index < -0.39 is 65.8 Å². The van der Waals surface area contributed by atoms with Gasteiger partial charge in [-0.25, -0.2) is 4.98 Å². The van der Waals surface area contributed by atoms with E-state index in [1.165, 1.54) is 5.56 Å². The van der Waals surface area contributed by atoms with Crippen molar-refractivity contribution in [3.8, 4) is 67.5 Å². The van der Waals surface area contributed by atoms with Crippen LogP contribution < -0.4 is 0 Å². The molecule has 0 aliphatic heterocycles. The first-order valence-corrected chi connectivity index (χ1v) is 20.5.